The molecule has 0 unspecified atom stereocenters. The van der Waals surface area contributed by atoms with Gasteiger partial charge >= 0.3 is 17.6 Å². The van der Waals surface area contributed by atoms with E-state index >= 15 is 4.39 Å². The number of rotatable bonds is 4. The number of hydrogen-bond acceptors (Lipinski definition) is 7. The molecule has 2 aromatic rings. The molecule has 154 valence electrons. The standard InChI is InChI=1S/C19H19FN2O6S/c1-10-8-22(19(26)21-16(10)24)17-15(27-11(2)23)14(20)13(9-29-17)28-18(25)12-6-4-3-5-7-12/h3-8,13-15,17H,9H2,1-2H3,(H,21,24,26)/t13-,14+,15-,17-/m1/s1. The van der Waals surface area contributed by atoms with Gasteiger partial charge in [-0.05, 0) is 19.1 Å². The molecule has 1 aliphatic rings. The third-order valence-corrected chi connectivity index (χ3v) is 5.73. The minimum atomic E-state index is -1.86. The van der Waals surface area contributed by atoms with E-state index in [4.69, 9.17) is 9.47 Å². The van der Waals surface area contributed by atoms with Gasteiger partial charge in [0.1, 0.15) is 11.5 Å². The SMILES string of the molecule is CC(=O)O[C@@H]1[C@@H](F)[C@H](OC(=O)c2ccccc2)CS[C@H]1n1cc(C)c(=O)[nH]c1=O. The van der Waals surface area contributed by atoms with Crippen molar-refractivity contribution in [2.75, 3.05) is 5.75 Å². The number of nitrogens with zero attached hydrogens (tertiary/aromatic N) is 1. The number of aromatic nitrogens is 2. The molecule has 1 N–H and O–H groups in total. The molecule has 0 spiro atoms. The Kier molecular flexibility index (Phi) is 6.21. The van der Waals surface area contributed by atoms with Crippen LogP contribution in [0.4, 0.5) is 4.39 Å². The van der Waals surface area contributed by atoms with Gasteiger partial charge in [-0.15, -0.1) is 11.8 Å². The van der Waals surface area contributed by atoms with Crippen molar-refractivity contribution in [3.8, 4) is 0 Å². The first kappa shape index (κ1) is 20.8. The van der Waals surface area contributed by atoms with Crippen LogP contribution in [0.5, 0.6) is 0 Å². The molecular formula is C19H19FN2O6S. The number of benzene rings is 1. The maximum Gasteiger partial charge on any atom is 0.338 e. The molecule has 10 heteroatoms. The van der Waals surface area contributed by atoms with E-state index in [9.17, 15) is 19.2 Å². The molecule has 2 heterocycles. The van der Waals surface area contributed by atoms with Gasteiger partial charge in [-0.2, -0.15) is 0 Å². The van der Waals surface area contributed by atoms with E-state index in [1.807, 2.05) is 0 Å². The molecule has 29 heavy (non-hydrogen) atoms. The minimum Gasteiger partial charge on any atom is -0.456 e. The van der Waals surface area contributed by atoms with Gasteiger partial charge in [0.05, 0.1) is 5.56 Å². The van der Waals surface area contributed by atoms with Gasteiger partial charge in [-0.3, -0.25) is 19.1 Å². The first-order chi connectivity index (χ1) is 13.8. The maximum atomic E-state index is 15.2. The number of thioether (sulfide) groups is 1. The zero-order valence-corrected chi connectivity index (χ0v) is 16.5. The fourth-order valence-electron chi connectivity index (χ4n) is 2.96. The van der Waals surface area contributed by atoms with Crippen LogP contribution in [0.3, 0.4) is 0 Å². The molecule has 1 saturated heterocycles. The zero-order valence-electron chi connectivity index (χ0n) is 15.7. The fraction of sp³-hybridized carbons (Fsp3) is 0.368. The molecule has 0 saturated carbocycles. The number of ether oxygens (including phenoxy) is 2. The van der Waals surface area contributed by atoms with Gasteiger partial charge < -0.3 is 9.47 Å². The summed E-state index contributed by atoms with van der Waals surface area (Å²) in [6.45, 7) is 2.62. The Hall–Kier alpha value is -2.88. The summed E-state index contributed by atoms with van der Waals surface area (Å²) in [6, 6.07) is 8.13. The number of carbonyl (C=O) groups excluding carboxylic acids is 2. The van der Waals surface area contributed by atoms with Crippen molar-refractivity contribution in [1.82, 2.24) is 9.55 Å². The molecule has 0 radical (unpaired) electrons. The molecule has 0 amide bonds. The predicted molar refractivity (Wildman–Crippen MR) is 104 cm³/mol. The van der Waals surface area contributed by atoms with E-state index in [1.165, 1.54) is 13.1 Å². The van der Waals surface area contributed by atoms with Crippen LogP contribution >= 0.6 is 11.8 Å². The number of hydrogen-bond donors (Lipinski definition) is 1. The Morgan fingerprint density at radius 2 is 1.90 bits per heavy atom. The summed E-state index contributed by atoms with van der Waals surface area (Å²) in [5, 5.41) is -0.927. The highest BCUT2D eigenvalue weighted by Crippen LogP contribution is 2.38. The van der Waals surface area contributed by atoms with Crippen LogP contribution in [-0.2, 0) is 14.3 Å². The lowest BCUT2D eigenvalue weighted by Gasteiger charge is -2.37. The average Bonchev–Trinajstić information content (AvgIpc) is 2.68. The van der Waals surface area contributed by atoms with Crippen LogP contribution in [0.1, 0.15) is 28.2 Å². The number of nitrogens with one attached hydrogen (secondary N) is 1. The van der Waals surface area contributed by atoms with Crippen molar-refractivity contribution in [3.05, 3.63) is 68.5 Å². The van der Waals surface area contributed by atoms with Crippen LogP contribution in [-0.4, -0.2) is 45.6 Å². The van der Waals surface area contributed by atoms with Gasteiger partial charge in [0.15, 0.2) is 12.3 Å². The number of alkyl halides is 1. The Morgan fingerprint density at radius 1 is 1.21 bits per heavy atom. The van der Waals surface area contributed by atoms with Crippen molar-refractivity contribution in [2.24, 2.45) is 0 Å². The second-order valence-electron chi connectivity index (χ2n) is 6.53. The smallest absolute Gasteiger partial charge is 0.338 e. The van der Waals surface area contributed by atoms with Crippen LogP contribution in [0, 0.1) is 6.92 Å². The highest BCUT2D eigenvalue weighted by molar-refractivity contribution is 7.99. The first-order valence-corrected chi connectivity index (χ1v) is 9.84. The summed E-state index contributed by atoms with van der Waals surface area (Å²) in [5.41, 5.74) is -0.784. The Balaban J connectivity index is 1.86. The zero-order chi connectivity index (χ0) is 21.1. The second kappa shape index (κ2) is 8.64. The topological polar surface area (TPSA) is 107 Å². The number of aryl methyl sites for hydroxylation is 1. The Morgan fingerprint density at radius 3 is 2.55 bits per heavy atom. The third-order valence-electron chi connectivity index (χ3n) is 4.37. The molecule has 1 aromatic heterocycles. The molecule has 1 fully saturated rings. The van der Waals surface area contributed by atoms with Gasteiger partial charge in [-0.25, -0.2) is 14.0 Å². The summed E-state index contributed by atoms with van der Waals surface area (Å²) in [5.74, 6) is -1.41. The van der Waals surface area contributed by atoms with Gasteiger partial charge in [0.2, 0.25) is 0 Å². The summed E-state index contributed by atoms with van der Waals surface area (Å²) in [4.78, 5) is 49.8. The van der Waals surface area contributed by atoms with E-state index in [0.29, 0.717) is 0 Å². The lowest BCUT2D eigenvalue weighted by molar-refractivity contribution is -0.154. The van der Waals surface area contributed by atoms with Crippen molar-refractivity contribution in [1.29, 1.82) is 0 Å². The third kappa shape index (κ3) is 4.58. The molecule has 1 aliphatic heterocycles. The van der Waals surface area contributed by atoms with E-state index in [0.717, 1.165) is 23.3 Å². The Bertz CT molecular complexity index is 1020. The van der Waals surface area contributed by atoms with Crippen LogP contribution in [0.25, 0.3) is 0 Å². The van der Waals surface area contributed by atoms with Crippen molar-refractivity contribution >= 4 is 23.7 Å². The van der Waals surface area contributed by atoms with E-state index in [-0.39, 0.29) is 16.9 Å². The van der Waals surface area contributed by atoms with Crippen molar-refractivity contribution < 1.29 is 23.5 Å². The van der Waals surface area contributed by atoms with E-state index < -0.39 is 46.9 Å². The minimum absolute atomic E-state index is 0.0345. The number of aromatic amines is 1. The largest absolute Gasteiger partial charge is 0.456 e. The lowest BCUT2D eigenvalue weighted by Crippen LogP contribution is -2.50. The summed E-state index contributed by atoms with van der Waals surface area (Å²) >= 11 is 1.09. The molecule has 0 bridgehead atoms. The molecule has 0 aliphatic carbocycles. The number of H-pyrrole nitrogens is 1. The van der Waals surface area contributed by atoms with Gasteiger partial charge in [0, 0.05) is 24.4 Å². The summed E-state index contributed by atoms with van der Waals surface area (Å²) in [6.07, 6.45) is -3.13. The molecule has 8 nitrogen and oxygen atoms in total. The van der Waals surface area contributed by atoms with Crippen LogP contribution in [0.15, 0.2) is 46.1 Å². The average molecular weight is 422 g/mol. The summed E-state index contributed by atoms with van der Waals surface area (Å²) in [7, 11) is 0. The summed E-state index contributed by atoms with van der Waals surface area (Å²) < 4.78 is 26.8. The second-order valence-corrected chi connectivity index (χ2v) is 7.68. The van der Waals surface area contributed by atoms with E-state index in [2.05, 4.69) is 4.98 Å². The van der Waals surface area contributed by atoms with Crippen molar-refractivity contribution in [3.63, 3.8) is 0 Å². The number of halogens is 1. The highest BCUT2D eigenvalue weighted by Gasteiger charge is 2.46. The molecule has 4 atom stereocenters. The quantitative estimate of drug-likeness (QED) is 0.746. The van der Waals surface area contributed by atoms with Gasteiger partial charge in [-0.1, -0.05) is 18.2 Å². The number of esters is 2. The monoisotopic (exact) mass is 422 g/mol. The molecule has 3 rings (SSSR count). The number of carbonyl (C=O) groups is 2. The highest BCUT2D eigenvalue weighted by atomic mass is 32.2. The fourth-order valence-corrected chi connectivity index (χ4v) is 4.31. The molecule has 1 aromatic carbocycles. The predicted octanol–water partition coefficient (Wildman–Crippen LogP) is 1.59. The first-order valence-electron chi connectivity index (χ1n) is 8.79. The van der Waals surface area contributed by atoms with Crippen LogP contribution in [0.2, 0.25) is 0 Å². The van der Waals surface area contributed by atoms with Gasteiger partial charge in [0.25, 0.3) is 5.56 Å². The lowest BCUT2D eigenvalue weighted by atomic mass is 10.1. The normalized spacial score (nSPS) is 24.0. The van der Waals surface area contributed by atoms with Crippen molar-refractivity contribution in [2.45, 2.75) is 37.6 Å². The van der Waals surface area contributed by atoms with Crippen LogP contribution < -0.4 is 11.2 Å². The Labute approximate surface area is 169 Å². The maximum absolute atomic E-state index is 15.2. The van der Waals surface area contributed by atoms with E-state index in [1.54, 1.807) is 30.3 Å². The molecular weight excluding hydrogens is 403 g/mol.